The zero-order chi connectivity index (χ0) is 10.4. The maximum absolute atomic E-state index is 5.64. The Balaban J connectivity index is 2.21. The van der Waals surface area contributed by atoms with Gasteiger partial charge in [-0.2, -0.15) is 0 Å². The lowest BCUT2D eigenvalue weighted by Gasteiger charge is -2.03. The van der Waals surface area contributed by atoms with Crippen LogP contribution in [-0.4, -0.2) is 6.61 Å². The largest absolute Gasteiger partial charge is 0.491 e. The molecule has 4 heteroatoms. The maximum Gasteiger partial charge on any atom is 0.145 e. The molecule has 1 aromatic rings. The van der Waals surface area contributed by atoms with E-state index in [1.54, 1.807) is 11.3 Å². The van der Waals surface area contributed by atoms with E-state index in [4.69, 9.17) is 4.74 Å². The van der Waals surface area contributed by atoms with Crippen LogP contribution in [0.4, 0.5) is 0 Å². The van der Waals surface area contributed by atoms with Gasteiger partial charge in [0.1, 0.15) is 9.54 Å². The molecule has 0 unspecified atom stereocenters. The van der Waals surface area contributed by atoms with Crippen molar-refractivity contribution in [2.75, 3.05) is 6.61 Å². The molecular weight excluding hydrogens is 328 g/mol. The summed E-state index contributed by atoms with van der Waals surface area (Å²) in [6, 6.07) is 2.01. The quantitative estimate of drug-likeness (QED) is 0.643. The first-order chi connectivity index (χ1) is 6.74. The minimum absolute atomic E-state index is 0.821. The first-order valence-corrected chi connectivity index (χ1v) is 7.22. The van der Waals surface area contributed by atoms with Gasteiger partial charge in [-0.1, -0.05) is 26.2 Å². The minimum atomic E-state index is 0.821. The number of ether oxygens (including phenoxy) is 1. The monoisotopic (exact) mass is 340 g/mol. The van der Waals surface area contributed by atoms with Gasteiger partial charge in [-0.05, 0) is 38.3 Å². The second-order valence-electron chi connectivity index (χ2n) is 3.10. The van der Waals surface area contributed by atoms with Crippen LogP contribution in [0.15, 0.2) is 13.6 Å². The Bertz CT molecular complexity index is 273. The van der Waals surface area contributed by atoms with Crippen molar-refractivity contribution in [1.82, 2.24) is 0 Å². The third-order valence-electron chi connectivity index (χ3n) is 1.88. The van der Waals surface area contributed by atoms with Crippen LogP contribution in [0.1, 0.15) is 32.6 Å². The Morgan fingerprint density at radius 2 is 2.07 bits per heavy atom. The Labute approximate surface area is 106 Å². The Hall–Kier alpha value is 0.460. The number of unbranched alkanes of at least 4 members (excludes halogenated alkanes) is 3. The molecule has 1 aromatic heterocycles. The topological polar surface area (TPSA) is 9.23 Å². The van der Waals surface area contributed by atoms with E-state index in [9.17, 15) is 0 Å². The number of hydrogen-bond donors (Lipinski definition) is 0. The molecule has 0 fully saturated rings. The molecule has 0 bridgehead atoms. The van der Waals surface area contributed by atoms with Crippen molar-refractivity contribution < 1.29 is 4.74 Å². The maximum atomic E-state index is 5.64. The van der Waals surface area contributed by atoms with Crippen LogP contribution in [0.3, 0.4) is 0 Å². The van der Waals surface area contributed by atoms with E-state index in [1.165, 1.54) is 19.3 Å². The standard InChI is InChI=1S/C10H14Br2OS/c1-2-3-4-5-6-13-8-7-9(11)14-10(8)12/h7H,2-6H2,1H3. The zero-order valence-electron chi connectivity index (χ0n) is 8.19. The lowest BCUT2D eigenvalue weighted by Crippen LogP contribution is -1.96. The van der Waals surface area contributed by atoms with Gasteiger partial charge >= 0.3 is 0 Å². The van der Waals surface area contributed by atoms with Crippen LogP contribution in [0.25, 0.3) is 0 Å². The third kappa shape index (κ3) is 4.32. The highest BCUT2D eigenvalue weighted by Crippen LogP contribution is 2.37. The van der Waals surface area contributed by atoms with Gasteiger partial charge in [0.2, 0.25) is 0 Å². The van der Waals surface area contributed by atoms with Crippen molar-refractivity contribution in [3.63, 3.8) is 0 Å². The normalized spacial score (nSPS) is 10.5. The van der Waals surface area contributed by atoms with Crippen LogP contribution < -0.4 is 4.74 Å². The van der Waals surface area contributed by atoms with Crippen molar-refractivity contribution in [3.05, 3.63) is 13.6 Å². The van der Waals surface area contributed by atoms with Gasteiger partial charge in [0, 0.05) is 6.07 Å². The highest BCUT2D eigenvalue weighted by atomic mass is 79.9. The van der Waals surface area contributed by atoms with Crippen LogP contribution >= 0.6 is 43.2 Å². The predicted octanol–water partition coefficient (Wildman–Crippen LogP) is 5.23. The predicted molar refractivity (Wildman–Crippen MR) is 69.4 cm³/mol. The minimum Gasteiger partial charge on any atom is -0.491 e. The molecule has 1 rings (SSSR count). The first-order valence-electron chi connectivity index (χ1n) is 4.81. The van der Waals surface area contributed by atoms with Crippen molar-refractivity contribution >= 4 is 43.2 Å². The van der Waals surface area contributed by atoms with Crippen LogP contribution in [0.5, 0.6) is 5.75 Å². The number of halogens is 2. The highest BCUT2D eigenvalue weighted by Gasteiger charge is 2.05. The molecule has 0 aliphatic rings. The fourth-order valence-electron chi connectivity index (χ4n) is 1.13. The van der Waals surface area contributed by atoms with Gasteiger partial charge in [0.15, 0.2) is 0 Å². The highest BCUT2D eigenvalue weighted by molar-refractivity contribution is 9.12. The first kappa shape index (κ1) is 12.5. The average molecular weight is 342 g/mol. The average Bonchev–Trinajstić information content (AvgIpc) is 2.45. The molecule has 1 heterocycles. The number of thiophene rings is 1. The molecule has 80 valence electrons. The second kappa shape index (κ2) is 6.85. The SMILES string of the molecule is CCCCCCOc1cc(Br)sc1Br. The fraction of sp³-hybridized carbons (Fsp3) is 0.600. The van der Waals surface area contributed by atoms with Crippen LogP contribution in [-0.2, 0) is 0 Å². The van der Waals surface area contributed by atoms with E-state index in [0.717, 1.165) is 26.4 Å². The van der Waals surface area contributed by atoms with E-state index >= 15 is 0 Å². The van der Waals surface area contributed by atoms with Crippen LogP contribution in [0.2, 0.25) is 0 Å². The summed E-state index contributed by atoms with van der Waals surface area (Å²) < 4.78 is 7.81. The molecule has 0 aliphatic carbocycles. The van der Waals surface area contributed by atoms with E-state index in [1.807, 2.05) is 6.07 Å². The molecule has 0 amide bonds. The van der Waals surface area contributed by atoms with Gasteiger partial charge < -0.3 is 4.74 Å². The summed E-state index contributed by atoms with van der Waals surface area (Å²) in [5, 5.41) is 0. The van der Waals surface area contributed by atoms with Crippen molar-refractivity contribution in [2.24, 2.45) is 0 Å². The smallest absolute Gasteiger partial charge is 0.145 e. The van der Waals surface area contributed by atoms with Crippen LogP contribution in [0, 0.1) is 0 Å². The molecule has 14 heavy (non-hydrogen) atoms. The molecule has 0 saturated heterocycles. The molecule has 0 atom stereocenters. The van der Waals surface area contributed by atoms with Gasteiger partial charge in [0.05, 0.1) is 10.4 Å². The molecule has 0 radical (unpaired) electrons. The Morgan fingerprint density at radius 1 is 1.29 bits per heavy atom. The lowest BCUT2D eigenvalue weighted by molar-refractivity contribution is 0.304. The van der Waals surface area contributed by atoms with Crippen molar-refractivity contribution in [1.29, 1.82) is 0 Å². The molecule has 0 N–H and O–H groups in total. The Morgan fingerprint density at radius 3 is 2.64 bits per heavy atom. The summed E-state index contributed by atoms with van der Waals surface area (Å²) >= 11 is 8.53. The van der Waals surface area contributed by atoms with Gasteiger partial charge in [0.25, 0.3) is 0 Å². The van der Waals surface area contributed by atoms with E-state index in [0.29, 0.717) is 0 Å². The summed E-state index contributed by atoms with van der Waals surface area (Å²) in [6.45, 7) is 3.04. The zero-order valence-corrected chi connectivity index (χ0v) is 12.2. The Kier molecular flexibility index (Phi) is 6.13. The fourth-order valence-corrected chi connectivity index (χ4v) is 3.79. The molecular formula is C10H14Br2OS. The van der Waals surface area contributed by atoms with Gasteiger partial charge in [-0.15, -0.1) is 11.3 Å². The van der Waals surface area contributed by atoms with E-state index < -0.39 is 0 Å². The van der Waals surface area contributed by atoms with E-state index in [2.05, 4.69) is 38.8 Å². The number of hydrogen-bond acceptors (Lipinski definition) is 2. The van der Waals surface area contributed by atoms with Gasteiger partial charge in [-0.3, -0.25) is 0 Å². The summed E-state index contributed by atoms with van der Waals surface area (Å²) in [6.07, 6.45) is 4.98. The van der Waals surface area contributed by atoms with Crippen molar-refractivity contribution in [2.45, 2.75) is 32.6 Å². The molecule has 0 spiro atoms. The second-order valence-corrected chi connectivity index (χ2v) is 6.85. The summed E-state index contributed by atoms with van der Waals surface area (Å²) in [7, 11) is 0. The summed E-state index contributed by atoms with van der Waals surface area (Å²) in [5.74, 6) is 0.957. The third-order valence-corrected chi connectivity index (χ3v) is 4.17. The summed E-state index contributed by atoms with van der Waals surface area (Å²) in [5.41, 5.74) is 0. The summed E-state index contributed by atoms with van der Waals surface area (Å²) in [4.78, 5) is 0. The van der Waals surface area contributed by atoms with E-state index in [-0.39, 0.29) is 0 Å². The molecule has 0 aliphatic heterocycles. The number of rotatable bonds is 6. The van der Waals surface area contributed by atoms with Gasteiger partial charge in [-0.25, -0.2) is 0 Å². The molecule has 1 nitrogen and oxygen atoms in total. The van der Waals surface area contributed by atoms with Crippen molar-refractivity contribution in [3.8, 4) is 5.75 Å². The lowest BCUT2D eigenvalue weighted by atomic mass is 10.2. The molecule has 0 saturated carbocycles. The molecule has 0 aromatic carbocycles.